The van der Waals surface area contributed by atoms with Crippen molar-refractivity contribution in [2.45, 2.75) is 6.54 Å². The Labute approximate surface area is 116 Å². The minimum atomic E-state index is -0.610. The van der Waals surface area contributed by atoms with E-state index in [0.717, 1.165) is 4.68 Å². The van der Waals surface area contributed by atoms with Gasteiger partial charge in [0.1, 0.15) is 12.2 Å². The first kappa shape index (κ1) is 13.4. The van der Waals surface area contributed by atoms with Gasteiger partial charge in [-0.05, 0) is 12.1 Å². The Morgan fingerprint density at radius 2 is 2.21 bits per heavy atom. The third-order valence-corrected chi connectivity index (χ3v) is 3.06. The average molecular weight is 325 g/mol. The van der Waals surface area contributed by atoms with Crippen molar-refractivity contribution < 1.29 is 14.3 Å². The van der Waals surface area contributed by atoms with Gasteiger partial charge < -0.3 is 4.74 Å². The summed E-state index contributed by atoms with van der Waals surface area (Å²) in [5.74, 6) is -0.610. The maximum absolute atomic E-state index is 12.2. The Balaban J connectivity index is 2.73. The zero-order chi connectivity index (χ0) is 14.0. The number of ether oxygens (including phenoxy) is 1. The van der Waals surface area contributed by atoms with Crippen LogP contribution in [-0.2, 0) is 16.1 Å². The highest BCUT2D eigenvalue weighted by atomic mass is 79.9. The van der Waals surface area contributed by atoms with Gasteiger partial charge in [0, 0.05) is 9.86 Å². The maximum atomic E-state index is 12.2. The molecule has 2 aromatic rings. The van der Waals surface area contributed by atoms with E-state index in [-0.39, 0.29) is 12.2 Å². The van der Waals surface area contributed by atoms with Gasteiger partial charge in [-0.2, -0.15) is 5.10 Å². The van der Waals surface area contributed by atoms with Crippen LogP contribution >= 0.6 is 15.9 Å². The van der Waals surface area contributed by atoms with E-state index in [0.29, 0.717) is 21.5 Å². The molecule has 0 amide bonds. The molecule has 98 valence electrons. The molecule has 0 aliphatic heterocycles. The van der Waals surface area contributed by atoms with Crippen molar-refractivity contribution >= 4 is 39.0 Å². The number of carbonyl (C=O) groups excluding carboxylic acids is 2. The van der Waals surface area contributed by atoms with Gasteiger partial charge in [0.25, 0.3) is 5.56 Å². The molecule has 2 rings (SSSR count). The second-order valence-corrected chi connectivity index (χ2v) is 4.65. The second kappa shape index (κ2) is 5.31. The molecule has 0 aliphatic rings. The first-order valence-corrected chi connectivity index (χ1v) is 6.08. The fourth-order valence-electron chi connectivity index (χ4n) is 1.67. The minimum absolute atomic E-state index is 0.103. The predicted molar refractivity (Wildman–Crippen MR) is 71.1 cm³/mol. The summed E-state index contributed by atoms with van der Waals surface area (Å²) >= 11 is 3.25. The molecule has 0 N–H and O–H groups in total. The summed E-state index contributed by atoms with van der Waals surface area (Å²) in [6.07, 6.45) is 0.545. The molecule has 0 fully saturated rings. The number of fused-ring (bicyclic) bond motifs is 1. The van der Waals surface area contributed by atoms with Gasteiger partial charge >= 0.3 is 5.97 Å². The normalized spacial score (nSPS) is 10.4. The number of rotatable bonds is 3. The molecule has 1 heterocycles. The van der Waals surface area contributed by atoms with Crippen LogP contribution in [0.5, 0.6) is 0 Å². The first-order chi connectivity index (χ1) is 9.06. The van der Waals surface area contributed by atoms with Crippen molar-refractivity contribution in [2.75, 3.05) is 7.11 Å². The Bertz CT molecular complexity index is 723. The largest absolute Gasteiger partial charge is 0.468 e. The summed E-state index contributed by atoms with van der Waals surface area (Å²) in [6.45, 7) is -0.335. The maximum Gasteiger partial charge on any atom is 0.327 e. The number of esters is 1. The lowest BCUT2D eigenvalue weighted by molar-refractivity contribution is -0.141. The summed E-state index contributed by atoms with van der Waals surface area (Å²) in [6, 6.07) is 4.92. The summed E-state index contributed by atoms with van der Waals surface area (Å²) in [5.41, 5.74) is -0.349. The third-order valence-electron chi connectivity index (χ3n) is 2.57. The molecular weight excluding hydrogens is 316 g/mol. The Kier molecular flexibility index (Phi) is 3.75. The van der Waals surface area contributed by atoms with E-state index >= 15 is 0 Å². The van der Waals surface area contributed by atoms with Crippen molar-refractivity contribution in [2.24, 2.45) is 0 Å². The number of halogens is 1. The number of benzene rings is 1. The van der Waals surface area contributed by atoms with E-state index < -0.39 is 11.5 Å². The number of methoxy groups -OCH3 is 1. The zero-order valence-electron chi connectivity index (χ0n) is 9.92. The molecule has 7 heteroatoms. The van der Waals surface area contributed by atoms with E-state index in [1.54, 1.807) is 18.2 Å². The minimum Gasteiger partial charge on any atom is -0.468 e. The number of aldehydes is 1. The van der Waals surface area contributed by atoms with Crippen molar-refractivity contribution in [3.8, 4) is 0 Å². The van der Waals surface area contributed by atoms with E-state index in [4.69, 9.17) is 0 Å². The van der Waals surface area contributed by atoms with Crippen LogP contribution in [0, 0.1) is 0 Å². The number of hydrogen-bond donors (Lipinski definition) is 0. The highest BCUT2D eigenvalue weighted by Crippen LogP contribution is 2.18. The molecule has 0 saturated carbocycles. The molecule has 0 bridgehead atoms. The fraction of sp³-hybridized carbons (Fsp3) is 0.167. The zero-order valence-corrected chi connectivity index (χ0v) is 11.5. The van der Waals surface area contributed by atoms with Crippen LogP contribution in [0.2, 0.25) is 0 Å². The van der Waals surface area contributed by atoms with Gasteiger partial charge in [0.2, 0.25) is 0 Å². The summed E-state index contributed by atoms with van der Waals surface area (Å²) in [5, 5.41) is 4.62. The molecule has 0 spiro atoms. The molecule has 0 aliphatic carbocycles. The monoisotopic (exact) mass is 324 g/mol. The standard InChI is InChI=1S/C12H9BrN2O4/c1-19-11(17)5-15-12(18)9-4-7(13)2-3-8(9)10(6-16)14-15/h2-4,6H,5H2,1H3. The van der Waals surface area contributed by atoms with Crippen molar-refractivity contribution in [3.63, 3.8) is 0 Å². The van der Waals surface area contributed by atoms with Crippen LogP contribution in [-0.4, -0.2) is 29.1 Å². The lowest BCUT2D eigenvalue weighted by atomic mass is 10.1. The number of carbonyl (C=O) groups is 2. The summed E-state index contributed by atoms with van der Waals surface area (Å²) in [4.78, 5) is 34.4. The average Bonchev–Trinajstić information content (AvgIpc) is 2.41. The van der Waals surface area contributed by atoms with Crippen LogP contribution in [0.3, 0.4) is 0 Å². The molecule has 0 unspecified atom stereocenters. The highest BCUT2D eigenvalue weighted by molar-refractivity contribution is 9.10. The van der Waals surface area contributed by atoms with E-state index in [1.165, 1.54) is 7.11 Å². The van der Waals surface area contributed by atoms with Gasteiger partial charge in [-0.15, -0.1) is 0 Å². The van der Waals surface area contributed by atoms with Crippen LogP contribution in [0.4, 0.5) is 0 Å². The molecular formula is C12H9BrN2O4. The second-order valence-electron chi connectivity index (χ2n) is 3.73. The SMILES string of the molecule is COC(=O)Cn1nc(C=O)c2ccc(Br)cc2c1=O. The van der Waals surface area contributed by atoms with E-state index in [9.17, 15) is 14.4 Å². The van der Waals surface area contributed by atoms with Crippen LogP contribution < -0.4 is 5.56 Å². The number of hydrogen-bond acceptors (Lipinski definition) is 5. The van der Waals surface area contributed by atoms with Crippen LogP contribution in [0.1, 0.15) is 10.5 Å². The molecule has 0 radical (unpaired) electrons. The molecule has 0 saturated heterocycles. The summed E-state index contributed by atoms with van der Waals surface area (Å²) in [7, 11) is 1.21. The van der Waals surface area contributed by atoms with E-state index in [2.05, 4.69) is 25.8 Å². The van der Waals surface area contributed by atoms with Gasteiger partial charge in [-0.25, -0.2) is 4.68 Å². The lowest BCUT2D eigenvalue weighted by Crippen LogP contribution is -2.28. The quantitative estimate of drug-likeness (QED) is 0.625. The van der Waals surface area contributed by atoms with Gasteiger partial charge in [0.15, 0.2) is 6.29 Å². The smallest absolute Gasteiger partial charge is 0.327 e. The van der Waals surface area contributed by atoms with Crippen molar-refractivity contribution in [3.05, 3.63) is 38.7 Å². The first-order valence-electron chi connectivity index (χ1n) is 5.29. The highest BCUT2D eigenvalue weighted by Gasteiger charge is 2.13. The molecule has 19 heavy (non-hydrogen) atoms. The van der Waals surface area contributed by atoms with Gasteiger partial charge in [-0.3, -0.25) is 14.4 Å². The van der Waals surface area contributed by atoms with Crippen LogP contribution in [0.15, 0.2) is 27.5 Å². The summed E-state index contributed by atoms with van der Waals surface area (Å²) < 4.78 is 6.10. The number of aromatic nitrogens is 2. The molecule has 1 aromatic carbocycles. The molecule has 0 atom stereocenters. The van der Waals surface area contributed by atoms with E-state index in [1.807, 2.05) is 0 Å². The third kappa shape index (κ3) is 2.55. The predicted octanol–water partition coefficient (Wildman–Crippen LogP) is 1.14. The Hall–Kier alpha value is -2.02. The lowest BCUT2D eigenvalue weighted by Gasteiger charge is -2.07. The van der Waals surface area contributed by atoms with Gasteiger partial charge in [0.05, 0.1) is 12.5 Å². The Morgan fingerprint density at radius 3 is 2.84 bits per heavy atom. The number of nitrogens with zero attached hydrogens (tertiary/aromatic N) is 2. The topological polar surface area (TPSA) is 78.3 Å². The molecule has 6 nitrogen and oxygen atoms in total. The van der Waals surface area contributed by atoms with Crippen molar-refractivity contribution in [1.82, 2.24) is 9.78 Å². The Morgan fingerprint density at radius 1 is 1.47 bits per heavy atom. The van der Waals surface area contributed by atoms with Gasteiger partial charge in [-0.1, -0.05) is 22.0 Å². The van der Waals surface area contributed by atoms with Crippen molar-refractivity contribution in [1.29, 1.82) is 0 Å². The fourth-order valence-corrected chi connectivity index (χ4v) is 2.03. The van der Waals surface area contributed by atoms with Crippen LogP contribution in [0.25, 0.3) is 10.8 Å². The molecule has 1 aromatic heterocycles.